The molecule has 0 bridgehead atoms. The second kappa shape index (κ2) is 6.80. The molecule has 0 aromatic heterocycles. The van der Waals surface area contributed by atoms with Crippen molar-refractivity contribution in [3.63, 3.8) is 0 Å². The summed E-state index contributed by atoms with van der Waals surface area (Å²) >= 11 is 5.67. The Hall–Kier alpha value is -1.23. The minimum absolute atomic E-state index is 0.0498. The molecule has 0 spiro atoms. The maximum absolute atomic E-state index is 12.4. The predicted molar refractivity (Wildman–Crippen MR) is 66.3 cm³/mol. The van der Waals surface area contributed by atoms with Crippen LogP contribution in [0.25, 0.3) is 0 Å². The van der Waals surface area contributed by atoms with E-state index in [-0.39, 0.29) is 17.2 Å². The van der Waals surface area contributed by atoms with Gasteiger partial charge in [-0.1, -0.05) is 31.4 Å². The summed E-state index contributed by atoms with van der Waals surface area (Å²) in [4.78, 5) is 11.6. The average Bonchev–Trinajstić information content (AvgIpc) is 2.33. The first-order valence-electron chi connectivity index (χ1n) is 5.90. The highest BCUT2D eigenvalue weighted by atomic mass is 35.5. The van der Waals surface area contributed by atoms with Crippen LogP contribution >= 0.6 is 11.6 Å². The minimum atomic E-state index is -4.48. The summed E-state index contributed by atoms with van der Waals surface area (Å²) in [7, 11) is 0. The number of halogens is 4. The zero-order valence-electron chi connectivity index (χ0n) is 10.4. The highest BCUT2D eigenvalue weighted by Gasteiger charge is 2.31. The summed E-state index contributed by atoms with van der Waals surface area (Å²) in [6.07, 6.45) is -1.85. The van der Waals surface area contributed by atoms with Gasteiger partial charge in [-0.15, -0.1) is 0 Å². The number of hydrogen-bond donors (Lipinski definition) is 0. The molecule has 0 saturated carbocycles. The quantitative estimate of drug-likeness (QED) is 0.581. The Bertz CT molecular complexity index is 444. The average molecular weight is 295 g/mol. The molecule has 0 saturated heterocycles. The Balaban J connectivity index is 2.71. The summed E-state index contributed by atoms with van der Waals surface area (Å²) < 4.78 is 42.2. The third-order valence-electron chi connectivity index (χ3n) is 2.50. The first-order valence-corrected chi connectivity index (χ1v) is 6.28. The zero-order valence-corrected chi connectivity index (χ0v) is 11.1. The van der Waals surface area contributed by atoms with E-state index in [0.29, 0.717) is 0 Å². The molecule has 0 atom stereocenters. The van der Waals surface area contributed by atoms with Crippen molar-refractivity contribution in [3.8, 4) is 0 Å². The Labute approximate surface area is 114 Å². The molecule has 0 radical (unpaired) electrons. The van der Waals surface area contributed by atoms with Gasteiger partial charge in [0.25, 0.3) is 0 Å². The van der Waals surface area contributed by atoms with Crippen molar-refractivity contribution in [2.75, 3.05) is 6.61 Å². The molecule has 1 aromatic rings. The van der Waals surface area contributed by atoms with Gasteiger partial charge in [-0.05, 0) is 24.6 Å². The summed E-state index contributed by atoms with van der Waals surface area (Å²) in [6, 6.07) is 2.58. The molecule has 2 nitrogen and oxygen atoms in total. The van der Waals surface area contributed by atoms with E-state index in [0.717, 1.165) is 37.5 Å². The van der Waals surface area contributed by atoms with Gasteiger partial charge in [0.05, 0.1) is 22.8 Å². The highest BCUT2D eigenvalue weighted by Crippen LogP contribution is 2.32. The molecular formula is C13H14ClF3O2. The van der Waals surface area contributed by atoms with E-state index in [2.05, 4.69) is 0 Å². The Morgan fingerprint density at radius 3 is 2.53 bits per heavy atom. The molecule has 106 valence electrons. The van der Waals surface area contributed by atoms with E-state index >= 15 is 0 Å². The van der Waals surface area contributed by atoms with Crippen LogP contribution in [0.15, 0.2) is 18.2 Å². The molecule has 0 aliphatic heterocycles. The fourth-order valence-electron chi connectivity index (χ4n) is 1.45. The van der Waals surface area contributed by atoms with Crippen LogP contribution in [-0.4, -0.2) is 12.6 Å². The predicted octanol–water partition coefficient (Wildman–Crippen LogP) is 4.71. The summed E-state index contributed by atoms with van der Waals surface area (Å²) in [5.74, 6) is -0.699. The van der Waals surface area contributed by atoms with Crippen LogP contribution in [0.4, 0.5) is 13.2 Å². The molecular weight excluding hydrogens is 281 g/mol. The van der Waals surface area contributed by atoms with E-state index in [1.54, 1.807) is 0 Å². The largest absolute Gasteiger partial charge is 0.462 e. The zero-order chi connectivity index (χ0) is 14.5. The van der Waals surface area contributed by atoms with Crippen LogP contribution < -0.4 is 0 Å². The van der Waals surface area contributed by atoms with Crippen molar-refractivity contribution in [3.05, 3.63) is 34.3 Å². The van der Waals surface area contributed by atoms with Crippen molar-refractivity contribution >= 4 is 17.6 Å². The van der Waals surface area contributed by atoms with Crippen molar-refractivity contribution in [2.45, 2.75) is 32.4 Å². The molecule has 0 amide bonds. The lowest BCUT2D eigenvalue weighted by Gasteiger charge is -2.09. The van der Waals surface area contributed by atoms with Gasteiger partial charge in [0.15, 0.2) is 0 Å². The fourth-order valence-corrected chi connectivity index (χ4v) is 1.71. The van der Waals surface area contributed by atoms with Gasteiger partial charge >= 0.3 is 12.1 Å². The minimum Gasteiger partial charge on any atom is -0.462 e. The first-order chi connectivity index (χ1) is 8.86. The van der Waals surface area contributed by atoms with Crippen LogP contribution in [0.3, 0.4) is 0 Å². The van der Waals surface area contributed by atoms with Gasteiger partial charge in [-0.3, -0.25) is 0 Å². The van der Waals surface area contributed by atoms with Gasteiger partial charge in [0.1, 0.15) is 0 Å². The fraction of sp³-hybridized carbons (Fsp3) is 0.462. The summed E-state index contributed by atoms with van der Waals surface area (Å²) in [5.41, 5.74) is -0.939. The molecule has 1 rings (SSSR count). The number of alkyl halides is 3. The second-order valence-electron chi connectivity index (χ2n) is 4.04. The Morgan fingerprint density at radius 2 is 2.00 bits per heavy atom. The van der Waals surface area contributed by atoms with Crippen LogP contribution in [0.5, 0.6) is 0 Å². The topological polar surface area (TPSA) is 26.3 Å². The van der Waals surface area contributed by atoms with Crippen LogP contribution in [0.2, 0.25) is 5.02 Å². The van der Waals surface area contributed by atoms with Gasteiger partial charge in [0, 0.05) is 0 Å². The van der Waals surface area contributed by atoms with Gasteiger partial charge < -0.3 is 4.74 Å². The molecule has 0 aliphatic rings. The lowest BCUT2D eigenvalue weighted by atomic mass is 10.1. The Kier molecular flexibility index (Phi) is 5.66. The van der Waals surface area contributed by atoms with Crippen molar-refractivity contribution in [2.24, 2.45) is 0 Å². The van der Waals surface area contributed by atoms with E-state index < -0.39 is 17.7 Å². The van der Waals surface area contributed by atoms with E-state index in [4.69, 9.17) is 16.3 Å². The van der Waals surface area contributed by atoms with Gasteiger partial charge in [-0.2, -0.15) is 13.2 Å². The second-order valence-corrected chi connectivity index (χ2v) is 4.44. The third-order valence-corrected chi connectivity index (χ3v) is 2.81. The molecule has 19 heavy (non-hydrogen) atoms. The number of benzene rings is 1. The number of unbranched alkanes of at least 4 members (excludes halogenated alkanes) is 2. The molecule has 0 unspecified atom stereocenters. The molecule has 6 heteroatoms. The number of esters is 1. The smallest absolute Gasteiger partial charge is 0.416 e. The van der Waals surface area contributed by atoms with Crippen molar-refractivity contribution in [1.29, 1.82) is 0 Å². The van der Waals surface area contributed by atoms with Crippen LogP contribution in [0, 0.1) is 0 Å². The van der Waals surface area contributed by atoms with E-state index in [1.165, 1.54) is 0 Å². The molecule has 0 aliphatic carbocycles. The molecule has 1 aromatic carbocycles. The number of hydrogen-bond acceptors (Lipinski definition) is 2. The third kappa shape index (κ3) is 4.74. The monoisotopic (exact) mass is 294 g/mol. The first kappa shape index (κ1) is 15.8. The van der Waals surface area contributed by atoms with Crippen molar-refractivity contribution < 1.29 is 22.7 Å². The number of ether oxygens (including phenoxy) is 1. The van der Waals surface area contributed by atoms with E-state index in [9.17, 15) is 18.0 Å². The standard InChI is InChI=1S/C13H14ClF3O2/c1-2-3-4-7-19-12(18)10-6-5-9(8-11(10)14)13(15,16)17/h5-6,8H,2-4,7H2,1H3. The van der Waals surface area contributed by atoms with Crippen LogP contribution in [0.1, 0.15) is 42.1 Å². The number of carbonyl (C=O) groups is 1. The summed E-state index contributed by atoms with van der Waals surface area (Å²) in [6.45, 7) is 2.25. The van der Waals surface area contributed by atoms with Gasteiger partial charge in [-0.25, -0.2) is 4.79 Å². The maximum Gasteiger partial charge on any atom is 0.416 e. The van der Waals surface area contributed by atoms with Crippen LogP contribution in [-0.2, 0) is 10.9 Å². The van der Waals surface area contributed by atoms with E-state index in [1.807, 2.05) is 6.92 Å². The SMILES string of the molecule is CCCCCOC(=O)c1ccc(C(F)(F)F)cc1Cl. The lowest BCUT2D eigenvalue weighted by molar-refractivity contribution is -0.137. The van der Waals surface area contributed by atoms with Crippen molar-refractivity contribution in [1.82, 2.24) is 0 Å². The number of rotatable bonds is 5. The highest BCUT2D eigenvalue weighted by molar-refractivity contribution is 6.33. The van der Waals surface area contributed by atoms with Gasteiger partial charge in [0.2, 0.25) is 0 Å². The molecule has 0 heterocycles. The summed E-state index contributed by atoms with van der Waals surface area (Å²) in [5, 5.41) is -0.254. The lowest BCUT2D eigenvalue weighted by Crippen LogP contribution is -2.09. The maximum atomic E-state index is 12.4. The normalized spacial score (nSPS) is 11.4. The molecule has 0 fully saturated rings. The number of carbonyl (C=O) groups excluding carboxylic acids is 1. The molecule has 0 N–H and O–H groups in total. The Morgan fingerprint density at radius 1 is 1.32 bits per heavy atom.